The molecule has 0 aliphatic heterocycles. The number of hydrogen-bond donors (Lipinski definition) is 0. The Bertz CT molecular complexity index is 5970. The average molecular weight is 1550 g/mol. The van der Waals surface area contributed by atoms with Gasteiger partial charge in [-0.1, -0.05) is 108 Å². The molecule has 0 N–H and O–H groups in total. The Morgan fingerprint density at radius 1 is 0.350 bits per heavy atom. The first kappa shape index (κ1) is 82.0. The van der Waals surface area contributed by atoms with Crippen molar-refractivity contribution in [2.24, 2.45) is 39.5 Å². The maximum atomic E-state index is 4.79. The van der Waals surface area contributed by atoms with Gasteiger partial charge in [0.1, 0.15) is 22.8 Å². The maximum absolute atomic E-state index is 4.79. The highest BCUT2D eigenvalue weighted by molar-refractivity contribution is 5.92. The van der Waals surface area contributed by atoms with Crippen molar-refractivity contribution in [2.45, 2.75) is 208 Å². The van der Waals surface area contributed by atoms with E-state index in [4.69, 9.17) is 34.9 Å². The minimum Gasteiger partial charge on any atom is -0.257 e. The summed E-state index contributed by atoms with van der Waals surface area (Å²) in [6, 6.07) is 18.2. The number of aryl methyl sites for hydroxylation is 12. The molecule has 0 saturated heterocycles. The predicted octanol–water partition coefficient (Wildman–Crippen LogP) is 19.1. The van der Waals surface area contributed by atoms with Gasteiger partial charge in [-0.15, -0.1) is 0 Å². The minimum absolute atomic E-state index is 0.205. The van der Waals surface area contributed by atoms with E-state index < -0.39 is 0 Å². The second-order valence-corrected chi connectivity index (χ2v) is 35.6. The highest BCUT2D eigenvalue weighted by atomic mass is 15.0. The van der Waals surface area contributed by atoms with Crippen molar-refractivity contribution < 1.29 is 18.3 Å². The van der Waals surface area contributed by atoms with E-state index in [0.29, 0.717) is 17.8 Å². The molecule has 0 bridgehead atoms. The van der Waals surface area contributed by atoms with Crippen molar-refractivity contribution in [3.05, 3.63) is 281 Å². The van der Waals surface area contributed by atoms with Crippen molar-refractivity contribution in [1.82, 2.24) is 59.8 Å². The molecule has 0 radical (unpaired) electrons. The lowest BCUT2D eigenvalue weighted by Crippen LogP contribution is -2.33. The third kappa shape index (κ3) is 17.8. The summed E-state index contributed by atoms with van der Waals surface area (Å²) in [5, 5.41) is 0. The van der Waals surface area contributed by atoms with Crippen LogP contribution in [0.5, 0.6) is 0 Å². The predicted molar refractivity (Wildman–Crippen MR) is 472 cm³/mol. The van der Waals surface area contributed by atoms with Crippen LogP contribution in [0.2, 0.25) is 0 Å². The van der Waals surface area contributed by atoms with Crippen molar-refractivity contribution in [3.8, 4) is 45.0 Å². The SMILES string of the molecule is Cc1cc(C)c(C)c(-c2c3c(nc[n+]2C)C=C(c2cnc(C(C)C)cn2)C3)c1.Cc1cc(C)c(C)c(-c2c3c(nc[n+]2C)C=C(c2cnc(C4CCCC4)cn2)C3)c1.Cc1cc(C)c(C)c(-c2c3c(nc[n+]2C)C=C(c2cnc(CC(C)(C)C)cn2)C3)c1.Cc1cc(C)c(C)c(-c2c3c(nc[n+]2C)C=C(c2cnc(CC(C)C)cn2)C3)c1. The Hall–Kier alpha value is -11.5. The van der Waals surface area contributed by atoms with Gasteiger partial charge < -0.3 is 0 Å². The molecule has 16 nitrogen and oxygen atoms in total. The lowest BCUT2D eigenvalue weighted by molar-refractivity contribution is -0.664. The van der Waals surface area contributed by atoms with E-state index in [-0.39, 0.29) is 5.41 Å². The van der Waals surface area contributed by atoms with E-state index in [2.05, 4.69) is 276 Å². The molecule has 12 aromatic rings. The Balaban J connectivity index is 0.000000128. The molecule has 0 spiro atoms. The van der Waals surface area contributed by atoms with Crippen molar-refractivity contribution in [2.75, 3.05) is 0 Å². The fourth-order valence-corrected chi connectivity index (χ4v) is 17.4. The minimum atomic E-state index is 0.205. The zero-order valence-corrected chi connectivity index (χ0v) is 73.3. The highest BCUT2D eigenvalue weighted by Crippen LogP contribution is 2.42. The Morgan fingerprint density at radius 2 is 0.658 bits per heavy atom. The number of nitrogens with zero attached hydrogens (tertiary/aromatic N) is 16. The molecular formula is C101H116N16+4. The third-order valence-electron chi connectivity index (χ3n) is 24.0. The van der Waals surface area contributed by atoms with Gasteiger partial charge in [0.2, 0.25) is 0 Å². The van der Waals surface area contributed by atoms with E-state index in [0.717, 1.165) is 107 Å². The van der Waals surface area contributed by atoms with Gasteiger partial charge in [-0.2, -0.15) is 0 Å². The van der Waals surface area contributed by atoms with Crippen LogP contribution in [0.1, 0.15) is 243 Å². The van der Waals surface area contributed by atoms with E-state index in [1.54, 1.807) is 0 Å². The largest absolute Gasteiger partial charge is 0.287 e. The van der Waals surface area contributed by atoms with Crippen LogP contribution in [-0.4, -0.2) is 59.8 Å². The average Bonchev–Trinajstić information content (AvgIpc) is 1.58. The molecule has 8 aromatic heterocycles. The summed E-state index contributed by atoms with van der Waals surface area (Å²) in [4.78, 5) is 56.4. The molecule has 117 heavy (non-hydrogen) atoms. The summed E-state index contributed by atoms with van der Waals surface area (Å²) in [5.41, 5.74) is 48.2. The second kappa shape index (κ2) is 34.0. The topological polar surface area (TPSA) is 170 Å². The lowest BCUT2D eigenvalue weighted by Gasteiger charge is -2.17. The highest BCUT2D eigenvalue weighted by Gasteiger charge is 2.34. The number of fused-ring (bicyclic) bond motifs is 4. The van der Waals surface area contributed by atoms with Crippen molar-refractivity contribution >= 4 is 46.6 Å². The molecule has 1 saturated carbocycles. The monoisotopic (exact) mass is 1550 g/mol. The van der Waals surface area contributed by atoms with Gasteiger partial charge >= 0.3 is 0 Å². The normalized spacial score (nSPS) is 13.9. The molecule has 17 rings (SSSR count). The van der Waals surface area contributed by atoms with Crippen LogP contribution < -0.4 is 18.3 Å². The fraction of sp³-hybridized carbons (Fsp3) is 0.366. The molecule has 5 aliphatic carbocycles. The van der Waals surface area contributed by atoms with Gasteiger partial charge in [0.25, 0.3) is 25.3 Å². The van der Waals surface area contributed by atoms with Gasteiger partial charge in [0.15, 0.2) is 22.8 Å². The number of rotatable bonds is 13. The summed E-state index contributed by atoms with van der Waals surface area (Å²) in [7, 11) is 8.33. The first-order valence-corrected chi connectivity index (χ1v) is 41.7. The van der Waals surface area contributed by atoms with Gasteiger partial charge in [-0.05, 0) is 261 Å². The van der Waals surface area contributed by atoms with Crippen LogP contribution >= 0.6 is 0 Å². The molecule has 1 fully saturated rings. The molecule has 0 atom stereocenters. The van der Waals surface area contributed by atoms with Crippen LogP contribution in [0.4, 0.5) is 0 Å². The maximum Gasteiger partial charge on any atom is 0.287 e. The Morgan fingerprint density at radius 3 is 0.932 bits per heavy atom. The molecule has 5 aliphatic rings. The number of aromatic nitrogens is 16. The van der Waals surface area contributed by atoms with Gasteiger partial charge in [-0.3, -0.25) is 39.9 Å². The smallest absolute Gasteiger partial charge is 0.257 e. The zero-order valence-electron chi connectivity index (χ0n) is 73.3. The number of hydrogen-bond acceptors (Lipinski definition) is 12. The molecule has 4 aromatic carbocycles. The van der Waals surface area contributed by atoms with Crippen LogP contribution in [0.15, 0.2) is 123 Å². The lowest BCUT2D eigenvalue weighted by atomic mass is 9.91. The van der Waals surface area contributed by atoms with Crippen molar-refractivity contribution in [3.63, 3.8) is 0 Å². The molecule has 8 heterocycles. The molecule has 596 valence electrons. The summed E-state index contributed by atoms with van der Waals surface area (Å²) in [6.07, 6.45) is 42.2. The van der Waals surface area contributed by atoms with E-state index in [1.807, 2.05) is 74.9 Å². The van der Waals surface area contributed by atoms with Gasteiger partial charge in [0, 0.05) is 78.6 Å². The standard InChI is InChI=1S/C26H29N4.C26H31N4.C25H29N4.C24H27N4/c1-16-9-17(2)18(3)21(10-16)26-22-11-20(12-23(22)29-15-30(26)4)25-14-27-24(13-28-25)19-7-5-6-8-19;1-16-8-17(2)18(3)21(9-16)25-22-10-19(11-23(22)29-15-30(25)7)24-14-27-20(13-28-24)12-26(4,5)6;1-15(2)7-20-12-27-24(13-26-20)19-10-22-23(11-19)28-14-29(6)25(22)21-9-16(3)8-17(4)18(21)5;1-14(2)22-11-26-23(12-25-22)18-9-20-21(10-18)27-13-28(6)24(20)19-8-15(3)7-16(4)17(19)5/h9-10,12-15,19H,5-8,11H2,1-4H3;8-9,11,13-15H,10,12H2,1-7H3;8-9,11-15H,7,10H2,1-6H3;7-8,10-14H,9H2,1-6H3/q4*+1. The Labute approximate surface area is 693 Å². The summed E-state index contributed by atoms with van der Waals surface area (Å²) in [5.74, 6) is 1.57. The first-order chi connectivity index (χ1) is 55.8. The quantitative estimate of drug-likeness (QED) is 0.100. The number of allylic oxidation sites excluding steroid dienone is 4. The van der Waals surface area contributed by atoms with Crippen molar-refractivity contribution in [1.29, 1.82) is 0 Å². The molecule has 16 heteroatoms. The summed E-state index contributed by atoms with van der Waals surface area (Å²) in [6.45, 7) is 41.6. The van der Waals surface area contributed by atoms with E-state index in [9.17, 15) is 0 Å². The van der Waals surface area contributed by atoms with E-state index >= 15 is 0 Å². The van der Waals surface area contributed by atoms with Crippen LogP contribution in [0.25, 0.3) is 91.6 Å². The fourth-order valence-electron chi connectivity index (χ4n) is 17.4. The molecular weight excluding hydrogens is 1440 g/mol. The van der Waals surface area contributed by atoms with Gasteiger partial charge in [0.05, 0.1) is 121 Å². The van der Waals surface area contributed by atoms with Crippen LogP contribution in [0, 0.1) is 94.4 Å². The van der Waals surface area contributed by atoms with Gasteiger partial charge in [-0.25, -0.2) is 18.3 Å². The second-order valence-electron chi connectivity index (χ2n) is 35.6. The molecule has 0 amide bonds. The summed E-state index contributed by atoms with van der Waals surface area (Å²) < 4.78 is 8.60. The summed E-state index contributed by atoms with van der Waals surface area (Å²) >= 11 is 0. The zero-order chi connectivity index (χ0) is 83.2. The third-order valence-corrected chi connectivity index (χ3v) is 24.0. The Kier molecular flexibility index (Phi) is 23.8. The number of benzene rings is 4. The molecule has 0 unspecified atom stereocenters. The van der Waals surface area contributed by atoms with E-state index in [1.165, 1.54) is 182 Å². The van der Waals surface area contributed by atoms with Crippen LogP contribution in [-0.2, 0) is 66.7 Å². The first-order valence-electron chi connectivity index (χ1n) is 41.7. The van der Waals surface area contributed by atoms with Crippen LogP contribution in [0.3, 0.4) is 0 Å².